The molecule has 2 aromatic rings. The minimum atomic E-state index is 0.674. The molecule has 1 nitrogen and oxygen atoms in total. The van der Waals surface area contributed by atoms with Crippen LogP contribution < -0.4 is 5.73 Å². The molecule has 2 rings (SSSR count). The van der Waals surface area contributed by atoms with E-state index >= 15 is 0 Å². The van der Waals surface area contributed by atoms with Gasteiger partial charge in [-0.2, -0.15) is 0 Å². The maximum absolute atomic E-state index is 6.17. The minimum Gasteiger partial charge on any atom is -0.398 e. The molecule has 94 valence electrons. The molecule has 5 heteroatoms. The number of rotatable bonds is 3. The fourth-order valence-electron chi connectivity index (χ4n) is 1.47. The van der Waals surface area contributed by atoms with Crippen molar-refractivity contribution in [2.45, 2.75) is 10.6 Å². The van der Waals surface area contributed by atoms with E-state index in [2.05, 4.69) is 15.9 Å². The van der Waals surface area contributed by atoms with Gasteiger partial charge in [0.2, 0.25) is 0 Å². The molecule has 0 aliphatic heterocycles. The van der Waals surface area contributed by atoms with Crippen LogP contribution in [-0.2, 0) is 5.75 Å². The lowest BCUT2D eigenvalue weighted by Crippen LogP contribution is -1.90. The van der Waals surface area contributed by atoms with Gasteiger partial charge in [-0.05, 0) is 29.8 Å². The van der Waals surface area contributed by atoms with Gasteiger partial charge in [-0.3, -0.25) is 0 Å². The molecule has 0 fully saturated rings. The van der Waals surface area contributed by atoms with Crippen LogP contribution in [0.1, 0.15) is 5.56 Å². The molecule has 0 spiro atoms. The SMILES string of the molecule is Nc1cccc(Cl)c1SCc1ccc(Br)cc1Cl. The number of nitrogens with two attached hydrogens (primary N) is 1. The first-order valence-electron chi connectivity index (χ1n) is 5.18. The molecule has 0 atom stereocenters. The van der Waals surface area contributed by atoms with Gasteiger partial charge in [0.1, 0.15) is 0 Å². The van der Waals surface area contributed by atoms with Gasteiger partial charge in [0.05, 0.1) is 5.02 Å². The van der Waals surface area contributed by atoms with Gasteiger partial charge < -0.3 is 5.73 Å². The topological polar surface area (TPSA) is 26.0 Å². The number of hydrogen-bond donors (Lipinski definition) is 1. The van der Waals surface area contributed by atoms with Gasteiger partial charge in [-0.25, -0.2) is 0 Å². The second kappa shape index (κ2) is 6.20. The molecule has 0 saturated heterocycles. The van der Waals surface area contributed by atoms with Crippen LogP contribution in [-0.4, -0.2) is 0 Å². The summed E-state index contributed by atoms with van der Waals surface area (Å²) in [5.41, 5.74) is 7.66. The van der Waals surface area contributed by atoms with Crippen molar-refractivity contribution < 1.29 is 0 Å². The number of halogens is 3. The lowest BCUT2D eigenvalue weighted by atomic mass is 10.2. The number of thioether (sulfide) groups is 1. The molecule has 0 aliphatic carbocycles. The summed E-state index contributed by atoms with van der Waals surface area (Å²) in [6.07, 6.45) is 0. The van der Waals surface area contributed by atoms with Crippen molar-refractivity contribution >= 4 is 56.6 Å². The van der Waals surface area contributed by atoms with Crippen molar-refractivity contribution in [3.8, 4) is 0 Å². The molecule has 0 aromatic heterocycles. The van der Waals surface area contributed by atoms with E-state index in [0.717, 1.165) is 25.7 Å². The highest BCUT2D eigenvalue weighted by atomic mass is 79.9. The van der Waals surface area contributed by atoms with Gasteiger partial charge in [-0.15, -0.1) is 11.8 Å². The Kier molecular flexibility index (Phi) is 4.84. The van der Waals surface area contributed by atoms with E-state index in [9.17, 15) is 0 Å². The van der Waals surface area contributed by atoms with Crippen LogP contribution in [0, 0.1) is 0 Å². The van der Waals surface area contributed by atoms with E-state index < -0.39 is 0 Å². The Balaban J connectivity index is 2.16. The van der Waals surface area contributed by atoms with Crippen LogP contribution in [0.2, 0.25) is 10.0 Å². The van der Waals surface area contributed by atoms with Crippen LogP contribution in [0.15, 0.2) is 45.8 Å². The van der Waals surface area contributed by atoms with Crippen molar-refractivity contribution in [3.05, 3.63) is 56.5 Å². The summed E-state index contributed by atoms with van der Waals surface area (Å²) in [5, 5.41) is 1.41. The van der Waals surface area contributed by atoms with Crippen molar-refractivity contribution in [1.82, 2.24) is 0 Å². The maximum atomic E-state index is 6.17. The minimum absolute atomic E-state index is 0.674. The Morgan fingerprint density at radius 2 is 1.89 bits per heavy atom. The summed E-state index contributed by atoms with van der Waals surface area (Å²) < 4.78 is 0.971. The largest absolute Gasteiger partial charge is 0.398 e. The van der Waals surface area contributed by atoms with Crippen LogP contribution >= 0.6 is 50.9 Å². The smallest absolute Gasteiger partial charge is 0.0562 e. The van der Waals surface area contributed by atoms with Gasteiger partial charge >= 0.3 is 0 Å². The Morgan fingerprint density at radius 1 is 1.11 bits per heavy atom. The molecular formula is C13H10BrCl2NS. The molecule has 2 N–H and O–H groups in total. The summed E-state index contributed by atoms with van der Waals surface area (Å²) >= 11 is 17.3. The zero-order valence-corrected chi connectivity index (χ0v) is 13.2. The summed E-state index contributed by atoms with van der Waals surface area (Å²) in [4.78, 5) is 0.901. The Hall–Kier alpha value is -0.350. The van der Waals surface area contributed by atoms with Gasteiger partial charge in [-0.1, -0.05) is 51.3 Å². The molecule has 18 heavy (non-hydrogen) atoms. The number of hydrogen-bond acceptors (Lipinski definition) is 2. The summed E-state index contributed by atoms with van der Waals surface area (Å²) in [6, 6.07) is 11.4. The fraction of sp³-hybridized carbons (Fsp3) is 0.0769. The monoisotopic (exact) mass is 361 g/mol. The number of benzene rings is 2. The van der Waals surface area contributed by atoms with Crippen molar-refractivity contribution in [3.63, 3.8) is 0 Å². The molecule has 0 bridgehead atoms. The van der Waals surface area contributed by atoms with Crippen molar-refractivity contribution in [2.75, 3.05) is 5.73 Å². The third-order valence-corrected chi connectivity index (χ3v) is 4.86. The first-order valence-corrected chi connectivity index (χ1v) is 7.72. The van der Waals surface area contributed by atoms with Crippen LogP contribution in [0.5, 0.6) is 0 Å². The third-order valence-electron chi connectivity index (χ3n) is 2.38. The molecule has 0 aliphatic rings. The summed E-state index contributed by atoms with van der Waals surface area (Å²) in [6.45, 7) is 0. The van der Waals surface area contributed by atoms with Crippen LogP contribution in [0.4, 0.5) is 5.69 Å². The third kappa shape index (κ3) is 3.35. The van der Waals surface area contributed by atoms with E-state index in [1.54, 1.807) is 11.8 Å². The Bertz CT molecular complexity index is 555. The molecule has 0 saturated carbocycles. The predicted molar refractivity (Wildman–Crippen MR) is 84.6 cm³/mol. The molecule has 0 unspecified atom stereocenters. The maximum Gasteiger partial charge on any atom is 0.0562 e. The standard InChI is InChI=1S/C13H10BrCl2NS/c14-9-5-4-8(11(16)6-9)7-18-13-10(15)2-1-3-12(13)17/h1-6H,7,17H2. The van der Waals surface area contributed by atoms with E-state index in [1.165, 1.54) is 0 Å². The van der Waals surface area contributed by atoms with Crippen molar-refractivity contribution in [2.24, 2.45) is 0 Å². The average molecular weight is 363 g/mol. The second-order valence-corrected chi connectivity index (χ2v) is 6.40. The molecule has 0 radical (unpaired) electrons. The average Bonchev–Trinajstić information content (AvgIpc) is 2.31. The summed E-state index contributed by atoms with van der Waals surface area (Å²) in [5.74, 6) is 0.736. The molecule has 0 heterocycles. The van der Waals surface area contributed by atoms with Crippen molar-refractivity contribution in [1.29, 1.82) is 0 Å². The van der Waals surface area contributed by atoms with E-state index in [-0.39, 0.29) is 0 Å². The van der Waals surface area contributed by atoms with Gasteiger partial charge in [0.15, 0.2) is 0 Å². The number of nitrogen functional groups attached to an aromatic ring is 1. The first-order chi connectivity index (χ1) is 8.58. The predicted octanol–water partition coefficient (Wildman–Crippen LogP) is 5.63. The highest BCUT2D eigenvalue weighted by Gasteiger charge is 2.07. The lowest BCUT2D eigenvalue weighted by molar-refractivity contribution is 1.38. The van der Waals surface area contributed by atoms with E-state index in [0.29, 0.717) is 10.7 Å². The van der Waals surface area contributed by atoms with Gasteiger partial charge in [0, 0.05) is 25.8 Å². The Labute approximate surface area is 129 Å². The van der Waals surface area contributed by atoms with E-state index in [1.807, 2.05) is 36.4 Å². The zero-order chi connectivity index (χ0) is 13.1. The molecule has 2 aromatic carbocycles. The molecular weight excluding hydrogens is 353 g/mol. The fourth-order valence-corrected chi connectivity index (χ4v) is 3.62. The highest BCUT2D eigenvalue weighted by Crippen LogP contribution is 2.36. The van der Waals surface area contributed by atoms with E-state index in [4.69, 9.17) is 28.9 Å². The lowest BCUT2D eigenvalue weighted by Gasteiger charge is -2.08. The Morgan fingerprint density at radius 3 is 2.56 bits per heavy atom. The quantitative estimate of drug-likeness (QED) is 0.565. The first kappa shape index (κ1) is 14.1. The van der Waals surface area contributed by atoms with Gasteiger partial charge in [0.25, 0.3) is 0 Å². The normalized spacial score (nSPS) is 10.6. The van der Waals surface area contributed by atoms with Crippen LogP contribution in [0.3, 0.4) is 0 Å². The number of anilines is 1. The molecule has 0 amide bonds. The zero-order valence-electron chi connectivity index (χ0n) is 9.29. The van der Waals surface area contributed by atoms with Crippen LogP contribution in [0.25, 0.3) is 0 Å². The second-order valence-electron chi connectivity index (χ2n) is 3.68. The highest BCUT2D eigenvalue weighted by molar-refractivity contribution is 9.10. The summed E-state index contributed by atoms with van der Waals surface area (Å²) in [7, 11) is 0.